The average molecular weight is 269 g/mol. The molecule has 0 atom stereocenters. The first kappa shape index (κ1) is 12.9. The van der Waals surface area contributed by atoms with Gasteiger partial charge in [0.2, 0.25) is 0 Å². The van der Waals surface area contributed by atoms with Crippen LogP contribution in [-0.2, 0) is 0 Å². The topological polar surface area (TPSA) is 20.3 Å². The molecule has 1 aliphatic rings. The highest BCUT2D eigenvalue weighted by atomic mass is 19.1. The smallest absolute Gasteiger partial charge is 0.256 e. The third-order valence-corrected chi connectivity index (χ3v) is 3.73. The van der Waals surface area contributed by atoms with Crippen LogP contribution in [0.1, 0.15) is 22.3 Å². The van der Waals surface area contributed by atoms with E-state index in [1.165, 1.54) is 11.6 Å². The lowest BCUT2D eigenvalue weighted by Gasteiger charge is -2.31. The summed E-state index contributed by atoms with van der Waals surface area (Å²) in [6.07, 6.45) is 1.01. The highest BCUT2D eigenvalue weighted by Crippen LogP contribution is 2.24. The van der Waals surface area contributed by atoms with Crippen molar-refractivity contribution in [3.63, 3.8) is 0 Å². The molecule has 0 saturated carbocycles. The van der Waals surface area contributed by atoms with Crippen LogP contribution in [0.15, 0.2) is 42.5 Å². The number of nitrogens with zero attached hydrogens (tertiary/aromatic N) is 1. The molecule has 2 aromatic carbocycles. The first-order valence-electron chi connectivity index (χ1n) is 6.81. The molecule has 0 aliphatic carbocycles. The zero-order valence-electron chi connectivity index (χ0n) is 11.4. The van der Waals surface area contributed by atoms with Gasteiger partial charge in [0.25, 0.3) is 5.91 Å². The van der Waals surface area contributed by atoms with E-state index in [0.29, 0.717) is 0 Å². The summed E-state index contributed by atoms with van der Waals surface area (Å²) in [7, 11) is 0. The van der Waals surface area contributed by atoms with Crippen molar-refractivity contribution in [2.45, 2.75) is 13.3 Å². The number of amides is 1. The van der Waals surface area contributed by atoms with Crippen molar-refractivity contribution in [1.82, 2.24) is 4.90 Å². The van der Waals surface area contributed by atoms with E-state index >= 15 is 0 Å². The minimum absolute atomic E-state index is 0.167. The second-order valence-electron chi connectivity index (χ2n) is 5.21. The van der Waals surface area contributed by atoms with Gasteiger partial charge in [0.1, 0.15) is 5.82 Å². The van der Waals surface area contributed by atoms with Gasteiger partial charge in [0.15, 0.2) is 0 Å². The fourth-order valence-corrected chi connectivity index (χ4v) is 2.30. The van der Waals surface area contributed by atoms with E-state index in [0.717, 1.165) is 30.6 Å². The van der Waals surface area contributed by atoms with Crippen LogP contribution in [0.25, 0.3) is 11.1 Å². The van der Waals surface area contributed by atoms with Gasteiger partial charge in [-0.15, -0.1) is 0 Å². The van der Waals surface area contributed by atoms with Gasteiger partial charge in [-0.1, -0.05) is 35.9 Å². The van der Waals surface area contributed by atoms with E-state index < -0.39 is 5.82 Å². The Kier molecular flexibility index (Phi) is 3.26. The van der Waals surface area contributed by atoms with Gasteiger partial charge in [-0.2, -0.15) is 0 Å². The van der Waals surface area contributed by atoms with Gasteiger partial charge in [0, 0.05) is 13.1 Å². The number of hydrogen-bond acceptors (Lipinski definition) is 1. The quantitative estimate of drug-likeness (QED) is 0.815. The molecule has 0 bridgehead atoms. The maximum absolute atomic E-state index is 14.1. The van der Waals surface area contributed by atoms with Gasteiger partial charge < -0.3 is 4.90 Å². The SMILES string of the molecule is Cc1ccc(-c2ccc(C(=O)N3CCC3)c(F)c2)cc1. The number of hydrogen-bond donors (Lipinski definition) is 0. The summed E-state index contributed by atoms with van der Waals surface area (Å²) in [5.41, 5.74) is 3.08. The van der Waals surface area contributed by atoms with Crippen LogP contribution in [-0.4, -0.2) is 23.9 Å². The summed E-state index contributed by atoms with van der Waals surface area (Å²) in [6.45, 7) is 3.48. The third-order valence-electron chi connectivity index (χ3n) is 3.73. The molecule has 1 heterocycles. The summed E-state index contributed by atoms with van der Waals surface area (Å²) in [6, 6.07) is 12.7. The molecule has 0 spiro atoms. The van der Waals surface area contributed by atoms with Gasteiger partial charge >= 0.3 is 0 Å². The molecule has 0 aromatic heterocycles. The standard InChI is InChI=1S/C17H16FNO/c1-12-3-5-13(6-4-12)14-7-8-15(16(18)11-14)17(20)19-9-2-10-19/h3-8,11H,2,9-10H2,1H3. The summed E-state index contributed by atoms with van der Waals surface area (Å²) in [5, 5.41) is 0. The number of carbonyl (C=O) groups excluding carboxylic acids is 1. The maximum atomic E-state index is 14.1. The minimum atomic E-state index is -0.444. The van der Waals surface area contributed by atoms with E-state index in [4.69, 9.17) is 0 Å². The van der Waals surface area contributed by atoms with Crippen molar-refractivity contribution >= 4 is 5.91 Å². The summed E-state index contributed by atoms with van der Waals surface area (Å²) in [5.74, 6) is -0.649. The van der Waals surface area contributed by atoms with Crippen molar-refractivity contribution in [2.75, 3.05) is 13.1 Å². The molecule has 0 radical (unpaired) electrons. The lowest BCUT2D eigenvalue weighted by molar-refractivity contribution is 0.0647. The fourth-order valence-electron chi connectivity index (χ4n) is 2.30. The van der Waals surface area contributed by atoms with Crippen molar-refractivity contribution in [3.05, 3.63) is 59.4 Å². The van der Waals surface area contributed by atoms with Crippen molar-refractivity contribution < 1.29 is 9.18 Å². The third kappa shape index (κ3) is 2.31. The Morgan fingerprint density at radius 1 is 1.05 bits per heavy atom. The first-order valence-corrected chi connectivity index (χ1v) is 6.81. The van der Waals surface area contributed by atoms with E-state index in [1.807, 2.05) is 31.2 Å². The zero-order chi connectivity index (χ0) is 14.1. The lowest BCUT2D eigenvalue weighted by Crippen LogP contribution is -2.42. The molecule has 0 unspecified atom stereocenters. The number of carbonyl (C=O) groups is 1. The number of benzene rings is 2. The first-order chi connectivity index (χ1) is 9.65. The van der Waals surface area contributed by atoms with Gasteiger partial charge in [0.05, 0.1) is 5.56 Å². The molecule has 1 aliphatic heterocycles. The minimum Gasteiger partial charge on any atom is -0.338 e. The van der Waals surface area contributed by atoms with E-state index in [2.05, 4.69) is 0 Å². The van der Waals surface area contributed by atoms with Gasteiger partial charge in [-0.05, 0) is 36.6 Å². The van der Waals surface area contributed by atoms with Crippen LogP contribution < -0.4 is 0 Å². The number of rotatable bonds is 2. The maximum Gasteiger partial charge on any atom is 0.256 e. The number of halogens is 1. The molecule has 1 fully saturated rings. The van der Waals surface area contributed by atoms with Crippen LogP contribution in [0.4, 0.5) is 4.39 Å². The Labute approximate surface area is 117 Å². The molecule has 2 nitrogen and oxygen atoms in total. The number of likely N-dealkylation sites (tertiary alicyclic amines) is 1. The highest BCUT2D eigenvalue weighted by molar-refractivity contribution is 5.95. The molecule has 1 amide bonds. The Morgan fingerprint density at radius 2 is 1.70 bits per heavy atom. The molecule has 20 heavy (non-hydrogen) atoms. The van der Waals surface area contributed by atoms with Crippen molar-refractivity contribution in [2.24, 2.45) is 0 Å². The van der Waals surface area contributed by atoms with Crippen LogP contribution in [0, 0.1) is 12.7 Å². The van der Waals surface area contributed by atoms with Crippen molar-refractivity contribution in [1.29, 1.82) is 0 Å². The van der Waals surface area contributed by atoms with E-state index in [-0.39, 0.29) is 11.5 Å². The molecule has 1 saturated heterocycles. The van der Waals surface area contributed by atoms with Crippen LogP contribution >= 0.6 is 0 Å². The number of aryl methyl sites for hydroxylation is 1. The monoisotopic (exact) mass is 269 g/mol. The Balaban J connectivity index is 1.90. The van der Waals surface area contributed by atoms with E-state index in [9.17, 15) is 9.18 Å². The molecule has 3 rings (SSSR count). The summed E-state index contributed by atoms with van der Waals surface area (Å²) >= 11 is 0. The predicted octanol–water partition coefficient (Wildman–Crippen LogP) is 3.65. The Hall–Kier alpha value is -2.16. The second-order valence-corrected chi connectivity index (χ2v) is 5.21. The van der Waals surface area contributed by atoms with Crippen LogP contribution in [0.2, 0.25) is 0 Å². The van der Waals surface area contributed by atoms with E-state index in [1.54, 1.807) is 17.0 Å². The molecule has 2 aromatic rings. The zero-order valence-corrected chi connectivity index (χ0v) is 11.4. The Morgan fingerprint density at radius 3 is 2.25 bits per heavy atom. The van der Waals surface area contributed by atoms with Crippen LogP contribution in [0.3, 0.4) is 0 Å². The molecule has 3 heteroatoms. The second kappa shape index (κ2) is 5.08. The summed E-state index contributed by atoms with van der Waals surface area (Å²) in [4.78, 5) is 13.7. The summed E-state index contributed by atoms with van der Waals surface area (Å²) < 4.78 is 14.1. The molecular weight excluding hydrogens is 253 g/mol. The molecule has 0 N–H and O–H groups in total. The Bertz CT molecular complexity index is 645. The predicted molar refractivity (Wildman–Crippen MR) is 77.1 cm³/mol. The lowest BCUT2D eigenvalue weighted by atomic mass is 10.0. The largest absolute Gasteiger partial charge is 0.338 e. The van der Waals surface area contributed by atoms with Crippen molar-refractivity contribution in [3.8, 4) is 11.1 Å². The van der Waals surface area contributed by atoms with Gasteiger partial charge in [-0.3, -0.25) is 4.79 Å². The van der Waals surface area contributed by atoms with Gasteiger partial charge in [-0.25, -0.2) is 4.39 Å². The molecular formula is C17H16FNO. The molecule has 102 valence electrons. The van der Waals surface area contributed by atoms with Crippen LogP contribution in [0.5, 0.6) is 0 Å². The normalized spacial score (nSPS) is 14.0. The average Bonchev–Trinajstić information content (AvgIpc) is 2.37. The highest BCUT2D eigenvalue weighted by Gasteiger charge is 2.24. The fraction of sp³-hybridized carbons (Fsp3) is 0.235.